The molecule has 0 atom stereocenters. The van der Waals surface area contributed by atoms with E-state index in [0.29, 0.717) is 15.6 Å². The van der Waals surface area contributed by atoms with Crippen LogP contribution in [0.1, 0.15) is 33.3 Å². The van der Waals surface area contributed by atoms with Gasteiger partial charge in [-0.15, -0.1) is 0 Å². The van der Waals surface area contributed by atoms with Crippen LogP contribution in [0.25, 0.3) is 0 Å². The molecular formula is C15H20ClN3O2S. The maximum Gasteiger partial charge on any atom is 0.414 e. The van der Waals surface area contributed by atoms with Gasteiger partial charge >= 0.3 is 6.09 Å². The van der Waals surface area contributed by atoms with Gasteiger partial charge in [0.2, 0.25) is 0 Å². The van der Waals surface area contributed by atoms with Gasteiger partial charge < -0.3 is 4.74 Å². The number of pyridine rings is 1. The van der Waals surface area contributed by atoms with Crippen molar-refractivity contribution in [3.8, 4) is 0 Å². The predicted octanol–water partition coefficient (Wildman–Crippen LogP) is 4.43. The van der Waals surface area contributed by atoms with E-state index in [2.05, 4.69) is 4.98 Å². The third-order valence-corrected chi connectivity index (χ3v) is 3.89. The molecule has 0 spiro atoms. The zero-order valence-electron chi connectivity index (χ0n) is 13.3. The second-order valence-electron chi connectivity index (χ2n) is 5.55. The average Bonchev–Trinajstić information content (AvgIpc) is 2.42. The van der Waals surface area contributed by atoms with Crippen molar-refractivity contribution in [3.05, 3.63) is 40.2 Å². The fraction of sp³-hybridized carbons (Fsp3) is 0.400. The quantitative estimate of drug-likeness (QED) is 0.652. The smallest absolute Gasteiger partial charge is 0.414 e. The maximum atomic E-state index is 12.1. The number of nitrogens with one attached hydrogen (secondary N) is 1. The molecule has 0 aliphatic rings. The number of hydrogen-bond acceptors (Lipinski definition) is 5. The summed E-state index contributed by atoms with van der Waals surface area (Å²) in [5.41, 5.74) is 0.0542. The van der Waals surface area contributed by atoms with Gasteiger partial charge in [0, 0.05) is 30.0 Å². The summed E-state index contributed by atoms with van der Waals surface area (Å²) in [6, 6.07) is 3.52. The Hall–Kier alpha value is -1.53. The fourth-order valence-electron chi connectivity index (χ4n) is 1.44. The van der Waals surface area contributed by atoms with Gasteiger partial charge in [-0.25, -0.2) is 4.79 Å². The van der Waals surface area contributed by atoms with Gasteiger partial charge in [0.05, 0.1) is 0 Å². The lowest BCUT2D eigenvalue weighted by Crippen LogP contribution is -2.33. The van der Waals surface area contributed by atoms with Gasteiger partial charge in [-0.05, 0) is 39.8 Å². The van der Waals surface area contributed by atoms with Crippen LogP contribution in [0.4, 0.5) is 4.79 Å². The van der Waals surface area contributed by atoms with E-state index >= 15 is 0 Å². The van der Waals surface area contributed by atoms with E-state index in [0.717, 1.165) is 11.8 Å². The SMILES string of the molecule is C/C(Cl)=C(\SC(=N)c1cccnc1)N(C)C(=O)OC(C)(C)C. The Morgan fingerprint density at radius 2 is 2.09 bits per heavy atom. The molecule has 0 bridgehead atoms. The molecule has 5 nitrogen and oxygen atoms in total. The van der Waals surface area contributed by atoms with Crippen LogP contribution >= 0.6 is 23.4 Å². The molecule has 0 saturated carbocycles. The number of ether oxygens (including phenoxy) is 1. The number of hydrogen-bond donors (Lipinski definition) is 1. The second-order valence-corrected chi connectivity index (χ2v) is 7.12. The van der Waals surface area contributed by atoms with Crippen molar-refractivity contribution in [2.24, 2.45) is 0 Å². The van der Waals surface area contributed by atoms with E-state index in [1.54, 1.807) is 59.3 Å². The normalized spacial score (nSPS) is 12.5. The van der Waals surface area contributed by atoms with Crippen molar-refractivity contribution in [2.45, 2.75) is 33.3 Å². The third-order valence-electron chi connectivity index (χ3n) is 2.39. The molecule has 0 aromatic carbocycles. The Balaban J connectivity index is 2.90. The van der Waals surface area contributed by atoms with Gasteiger partial charge in [0.15, 0.2) is 0 Å². The predicted molar refractivity (Wildman–Crippen MR) is 91.2 cm³/mol. The highest BCUT2D eigenvalue weighted by Gasteiger charge is 2.24. The topological polar surface area (TPSA) is 66.3 Å². The summed E-state index contributed by atoms with van der Waals surface area (Å²) in [4.78, 5) is 17.4. The van der Waals surface area contributed by atoms with Crippen LogP contribution in [0.15, 0.2) is 34.6 Å². The van der Waals surface area contributed by atoms with E-state index in [9.17, 15) is 4.79 Å². The number of aromatic nitrogens is 1. The number of amides is 1. The van der Waals surface area contributed by atoms with E-state index in [1.807, 2.05) is 0 Å². The molecule has 1 aromatic heterocycles. The first kappa shape index (κ1) is 18.5. The molecule has 0 saturated heterocycles. The molecular weight excluding hydrogens is 322 g/mol. The molecule has 1 aromatic rings. The minimum atomic E-state index is -0.599. The highest BCUT2D eigenvalue weighted by molar-refractivity contribution is 8.17. The fourth-order valence-corrected chi connectivity index (χ4v) is 2.46. The van der Waals surface area contributed by atoms with Gasteiger partial charge in [-0.2, -0.15) is 0 Å². The molecule has 0 fully saturated rings. The summed E-state index contributed by atoms with van der Waals surface area (Å²) in [6.07, 6.45) is 2.70. The molecule has 0 aliphatic heterocycles. The van der Waals surface area contributed by atoms with Crippen molar-refractivity contribution in [1.82, 2.24) is 9.88 Å². The average molecular weight is 342 g/mol. The lowest BCUT2D eigenvalue weighted by atomic mass is 10.2. The van der Waals surface area contributed by atoms with E-state index in [1.165, 1.54) is 4.90 Å². The highest BCUT2D eigenvalue weighted by atomic mass is 35.5. The lowest BCUT2D eigenvalue weighted by Gasteiger charge is -2.26. The molecule has 1 amide bonds. The minimum Gasteiger partial charge on any atom is -0.443 e. The third kappa shape index (κ3) is 5.69. The largest absolute Gasteiger partial charge is 0.443 e. The molecule has 1 heterocycles. The number of carbonyl (C=O) groups excluding carboxylic acids is 1. The number of rotatable bonds is 3. The molecule has 7 heteroatoms. The number of carbonyl (C=O) groups is 1. The molecule has 120 valence electrons. The molecule has 0 aliphatic carbocycles. The summed E-state index contributed by atoms with van der Waals surface area (Å²) in [5, 5.41) is 9.23. The Morgan fingerprint density at radius 3 is 2.55 bits per heavy atom. The lowest BCUT2D eigenvalue weighted by molar-refractivity contribution is 0.0366. The first-order valence-corrected chi connectivity index (χ1v) is 7.81. The van der Waals surface area contributed by atoms with E-state index < -0.39 is 11.7 Å². The summed E-state index contributed by atoms with van der Waals surface area (Å²) in [6.45, 7) is 7.04. The summed E-state index contributed by atoms with van der Waals surface area (Å²) in [5.74, 6) is 0. The Morgan fingerprint density at radius 1 is 1.45 bits per heavy atom. The van der Waals surface area contributed by atoms with Crippen molar-refractivity contribution >= 4 is 34.5 Å². The Kier molecular flexibility index (Phi) is 6.44. The van der Waals surface area contributed by atoms with Crippen molar-refractivity contribution in [2.75, 3.05) is 7.05 Å². The second kappa shape index (κ2) is 7.65. The van der Waals surface area contributed by atoms with Gasteiger partial charge in [-0.1, -0.05) is 23.4 Å². The number of nitrogens with zero attached hydrogens (tertiary/aromatic N) is 2. The van der Waals surface area contributed by atoms with Crippen LogP contribution in [0.2, 0.25) is 0 Å². The van der Waals surface area contributed by atoms with Crippen LogP contribution in [-0.4, -0.2) is 33.7 Å². The zero-order chi connectivity index (χ0) is 16.9. The van der Waals surface area contributed by atoms with Crippen LogP contribution in [0, 0.1) is 5.41 Å². The van der Waals surface area contributed by atoms with Gasteiger partial charge in [0.1, 0.15) is 15.7 Å². The maximum absolute atomic E-state index is 12.1. The summed E-state index contributed by atoms with van der Waals surface area (Å²) >= 11 is 7.17. The van der Waals surface area contributed by atoms with Crippen molar-refractivity contribution in [3.63, 3.8) is 0 Å². The molecule has 0 unspecified atom stereocenters. The molecule has 0 radical (unpaired) electrons. The number of halogens is 1. The molecule has 1 rings (SSSR count). The first-order valence-electron chi connectivity index (χ1n) is 6.61. The van der Waals surface area contributed by atoms with Crippen LogP contribution in [0.5, 0.6) is 0 Å². The first-order chi connectivity index (χ1) is 10.1. The number of thioether (sulfide) groups is 1. The van der Waals surface area contributed by atoms with Crippen LogP contribution < -0.4 is 0 Å². The van der Waals surface area contributed by atoms with Crippen LogP contribution in [0.3, 0.4) is 0 Å². The summed E-state index contributed by atoms with van der Waals surface area (Å²) in [7, 11) is 1.57. The minimum absolute atomic E-state index is 0.249. The zero-order valence-corrected chi connectivity index (χ0v) is 14.9. The monoisotopic (exact) mass is 341 g/mol. The standard InChI is InChI=1S/C15H20ClN3O2S/c1-10(16)13(19(5)14(20)21-15(2,3)4)22-12(17)11-7-6-8-18-9-11/h6-9,17H,1-5H3/b13-10+,17-12?. The molecule has 1 N–H and O–H groups in total. The van der Waals surface area contributed by atoms with Gasteiger partial charge in [-0.3, -0.25) is 15.3 Å². The van der Waals surface area contributed by atoms with E-state index in [4.69, 9.17) is 21.7 Å². The van der Waals surface area contributed by atoms with Crippen molar-refractivity contribution in [1.29, 1.82) is 5.41 Å². The molecule has 22 heavy (non-hydrogen) atoms. The number of allylic oxidation sites excluding steroid dienone is 1. The van der Waals surface area contributed by atoms with Crippen molar-refractivity contribution < 1.29 is 9.53 Å². The Labute approximate surface area is 140 Å². The Bertz CT molecular complexity index is 578. The highest BCUT2D eigenvalue weighted by Crippen LogP contribution is 2.29. The van der Waals surface area contributed by atoms with E-state index in [-0.39, 0.29) is 5.04 Å². The van der Waals surface area contributed by atoms with Crippen LogP contribution in [-0.2, 0) is 4.74 Å². The van der Waals surface area contributed by atoms with Gasteiger partial charge in [0.25, 0.3) is 0 Å². The summed E-state index contributed by atoms with van der Waals surface area (Å²) < 4.78 is 5.32.